The zero-order valence-corrected chi connectivity index (χ0v) is 14.3. The molecule has 0 aliphatic carbocycles. The fourth-order valence-electron chi connectivity index (χ4n) is 3.00. The van der Waals surface area contributed by atoms with Crippen LogP contribution < -0.4 is 0 Å². The lowest BCUT2D eigenvalue weighted by atomic mass is 9.91. The summed E-state index contributed by atoms with van der Waals surface area (Å²) in [4.78, 5) is 18.7. The highest BCUT2D eigenvalue weighted by molar-refractivity contribution is 5.77. The molecule has 1 saturated heterocycles. The summed E-state index contributed by atoms with van der Waals surface area (Å²) in [7, 11) is 0. The van der Waals surface area contributed by atoms with Crippen molar-refractivity contribution in [2.24, 2.45) is 5.41 Å². The standard InChI is InChI=1S/C18H22FN3O2/c1-18(2,3)11-15(23)22-10-6-9-14(22)17-20-16(21-24-17)12-7-4-5-8-13(12)19/h4-5,7-8,14H,6,9-11H2,1-3H3. The summed E-state index contributed by atoms with van der Waals surface area (Å²) in [5.41, 5.74) is 0.232. The Kier molecular flexibility index (Phi) is 4.39. The van der Waals surface area contributed by atoms with Crippen LogP contribution in [0.5, 0.6) is 0 Å². The number of likely N-dealkylation sites (tertiary alicyclic amines) is 1. The van der Waals surface area contributed by atoms with Gasteiger partial charge in [0, 0.05) is 13.0 Å². The van der Waals surface area contributed by atoms with Gasteiger partial charge in [-0.25, -0.2) is 4.39 Å². The second-order valence-corrected chi connectivity index (χ2v) is 7.42. The van der Waals surface area contributed by atoms with E-state index in [-0.39, 0.29) is 23.2 Å². The summed E-state index contributed by atoms with van der Waals surface area (Å²) >= 11 is 0. The van der Waals surface area contributed by atoms with Crippen LogP contribution in [-0.4, -0.2) is 27.5 Å². The van der Waals surface area contributed by atoms with Gasteiger partial charge in [-0.15, -0.1) is 0 Å². The van der Waals surface area contributed by atoms with Gasteiger partial charge in [0.2, 0.25) is 17.6 Å². The highest BCUT2D eigenvalue weighted by atomic mass is 19.1. The molecule has 2 heterocycles. The van der Waals surface area contributed by atoms with Crippen molar-refractivity contribution in [2.45, 2.75) is 46.1 Å². The largest absolute Gasteiger partial charge is 0.337 e. The molecule has 1 aromatic heterocycles. The van der Waals surface area contributed by atoms with E-state index in [0.717, 1.165) is 12.8 Å². The second-order valence-electron chi connectivity index (χ2n) is 7.42. The normalized spacial score (nSPS) is 18.2. The summed E-state index contributed by atoms with van der Waals surface area (Å²) in [5.74, 6) is 0.304. The Hall–Kier alpha value is -2.24. The van der Waals surface area contributed by atoms with Crippen LogP contribution in [0.2, 0.25) is 0 Å². The van der Waals surface area contributed by atoms with E-state index in [1.807, 2.05) is 25.7 Å². The van der Waals surface area contributed by atoms with Crippen molar-refractivity contribution in [3.05, 3.63) is 36.0 Å². The van der Waals surface area contributed by atoms with Crippen LogP contribution in [0.1, 0.15) is 52.0 Å². The van der Waals surface area contributed by atoms with Crippen LogP contribution in [0.25, 0.3) is 11.4 Å². The highest BCUT2D eigenvalue weighted by Gasteiger charge is 2.35. The molecule has 1 aliphatic heterocycles. The van der Waals surface area contributed by atoms with E-state index >= 15 is 0 Å². The molecule has 1 unspecified atom stereocenters. The molecule has 6 heteroatoms. The smallest absolute Gasteiger partial charge is 0.249 e. The molecule has 1 aromatic carbocycles. The van der Waals surface area contributed by atoms with E-state index in [9.17, 15) is 9.18 Å². The van der Waals surface area contributed by atoms with E-state index in [1.54, 1.807) is 18.2 Å². The number of nitrogens with zero attached hydrogens (tertiary/aromatic N) is 3. The second kappa shape index (κ2) is 6.34. The number of hydrogen-bond donors (Lipinski definition) is 0. The summed E-state index contributed by atoms with van der Waals surface area (Å²) in [5, 5.41) is 3.90. The molecule has 0 N–H and O–H groups in total. The first-order valence-corrected chi connectivity index (χ1v) is 8.23. The van der Waals surface area contributed by atoms with Gasteiger partial charge >= 0.3 is 0 Å². The Labute approximate surface area is 140 Å². The number of carbonyl (C=O) groups is 1. The maximum absolute atomic E-state index is 13.9. The predicted octanol–water partition coefficient (Wildman–Crippen LogP) is 3.98. The van der Waals surface area contributed by atoms with Gasteiger partial charge in [-0.2, -0.15) is 4.98 Å². The first kappa shape index (κ1) is 16.6. The van der Waals surface area contributed by atoms with E-state index in [1.165, 1.54) is 6.07 Å². The van der Waals surface area contributed by atoms with Crippen LogP contribution in [0, 0.1) is 11.2 Å². The highest BCUT2D eigenvalue weighted by Crippen LogP contribution is 2.34. The van der Waals surface area contributed by atoms with Crippen LogP contribution in [0.3, 0.4) is 0 Å². The van der Waals surface area contributed by atoms with E-state index in [4.69, 9.17) is 4.52 Å². The van der Waals surface area contributed by atoms with Gasteiger partial charge in [0.05, 0.1) is 5.56 Å². The molecule has 128 valence electrons. The molecule has 3 rings (SSSR count). The third kappa shape index (κ3) is 3.47. The fraction of sp³-hybridized carbons (Fsp3) is 0.500. The quantitative estimate of drug-likeness (QED) is 0.854. The summed E-state index contributed by atoms with van der Waals surface area (Å²) in [6.07, 6.45) is 2.16. The molecule has 24 heavy (non-hydrogen) atoms. The molecule has 0 saturated carbocycles. The molecular formula is C18H22FN3O2. The van der Waals surface area contributed by atoms with Crippen molar-refractivity contribution in [2.75, 3.05) is 6.54 Å². The lowest BCUT2D eigenvalue weighted by molar-refractivity contribution is -0.134. The van der Waals surface area contributed by atoms with Crippen LogP contribution >= 0.6 is 0 Å². The first-order valence-electron chi connectivity index (χ1n) is 8.23. The number of hydrogen-bond acceptors (Lipinski definition) is 4. The van der Waals surface area contributed by atoms with Crippen LogP contribution in [-0.2, 0) is 4.79 Å². The Bertz CT molecular complexity index is 736. The van der Waals surface area contributed by atoms with Gasteiger partial charge in [-0.05, 0) is 30.4 Å². The predicted molar refractivity (Wildman–Crippen MR) is 87.5 cm³/mol. The lowest BCUT2D eigenvalue weighted by Crippen LogP contribution is -2.33. The van der Waals surface area contributed by atoms with Crippen LogP contribution in [0.15, 0.2) is 28.8 Å². The molecule has 1 aliphatic rings. The van der Waals surface area contributed by atoms with Crippen LogP contribution in [0.4, 0.5) is 4.39 Å². The maximum Gasteiger partial charge on any atom is 0.249 e. The molecular weight excluding hydrogens is 309 g/mol. The molecule has 0 bridgehead atoms. The monoisotopic (exact) mass is 331 g/mol. The minimum atomic E-state index is -0.392. The van der Waals surface area contributed by atoms with Crippen molar-refractivity contribution in [3.8, 4) is 11.4 Å². The van der Waals surface area contributed by atoms with E-state index in [0.29, 0.717) is 24.4 Å². The van der Waals surface area contributed by atoms with E-state index < -0.39 is 5.82 Å². The van der Waals surface area contributed by atoms with Crippen molar-refractivity contribution in [3.63, 3.8) is 0 Å². The Balaban J connectivity index is 1.81. The van der Waals surface area contributed by atoms with Gasteiger partial charge in [-0.3, -0.25) is 4.79 Å². The minimum absolute atomic E-state index is 0.0720. The molecule has 2 aromatic rings. The zero-order chi connectivity index (χ0) is 17.3. The third-order valence-electron chi connectivity index (χ3n) is 4.10. The summed E-state index contributed by atoms with van der Waals surface area (Å²) < 4.78 is 19.2. The number of benzene rings is 1. The number of aromatic nitrogens is 2. The van der Waals surface area contributed by atoms with Gasteiger partial charge in [0.15, 0.2) is 0 Å². The van der Waals surface area contributed by atoms with Crippen molar-refractivity contribution < 1.29 is 13.7 Å². The number of rotatable bonds is 3. The van der Waals surface area contributed by atoms with Gasteiger partial charge in [0.25, 0.3) is 0 Å². The Morgan fingerprint density at radius 2 is 2.12 bits per heavy atom. The minimum Gasteiger partial charge on any atom is -0.337 e. The SMILES string of the molecule is CC(C)(C)CC(=O)N1CCCC1c1nc(-c2ccccc2F)no1. The zero-order valence-electron chi connectivity index (χ0n) is 14.3. The lowest BCUT2D eigenvalue weighted by Gasteiger charge is -2.26. The maximum atomic E-state index is 13.9. The van der Waals surface area contributed by atoms with Gasteiger partial charge in [0.1, 0.15) is 11.9 Å². The molecule has 0 radical (unpaired) electrons. The van der Waals surface area contributed by atoms with Gasteiger partial charge in [-0.1, -0.05) is 38.1 Å². The number of halogens is 1. The Morgan fingerprint density at radius 1 is 1.38 bits per heavy atom. The summed E-state index contributed by atoms with van der Waals surface area (Å²) in [6.45, 7) is 6.81. The van der Waals surface area contributed by atoms with Gasteiger partial charge < -0.3 is 9.42 Å². The van der Waals surface area contributed by atoms with Crippen molar-refractivity contribution >= 4 is 5.91 Å². The fourth-order valence-corrected chi connectivity index (χ4v) is 3.00. The molecule has 1 fully saturated rings. The third-order valence-corrected chi connectivity index (χ3v) is 4.10. The molecule has 0 spiro atoms. The average Bonchev–Trinajstić information content (AvgIpc) is 3.14. The first-order chi connectivity index (χ1) is 11.3. The summed E-state index contributed by atoms with van der Waals surface area (Å²) in [6, 6.07) is 6.10. The molecule has 1 amide bonds. The topological polar surface area (TPSA) is 59.2 Å². The van der Waals surface area contributed by atoms with Crippen molar-refractivity contribution in [1.29, 1.82) is 0 Å². The van der Waals surface area contributed by atoms with E-state index in [2.05, 4.69) is 10.1 Å². The number of carbonyl (C=O) groups excluding carboxylic acids is 1. The molecule has 5 nitrogen and oxygen atoms in total. The average molecular weight is 331 g/mol. The number of amides is 1. The van der Waals surface area contributed by atoms with Crippen molar-refractivity contribution in [1.82, 2.24) is 15.0 Å². The molecule has 1 atom stereocenters. The Morgan fingerprint density at radius 3 is 2.83 bits per heavy atom.